The van der Waals surface area contributed by atoms with Crippen molar-refractivity contribution >= 4 is 34.4 Å². The molecule has 4 heteroatoms. The first-order valence-corrected chi connectivity index (χ1v) is 10.0. The minimum absolute atomic E-state index is 0.0501. The number of alkyl halides is 1. The molecule has 0 spiro atoms. The molecule has 27 heavy (non-hydrogen) atoms. The number of aryl methyl sites for hydroxylation is 1. The van der Waals surface area contributed by atoms with Crippen molar-refractivity contribution < 1.29 is 0 Å². The summed E-state index contributed by atoms with van der Waals surface area (Å²) in [5.74, 6) is 0. The fourth-order valence-corrected chi connectivity index (χ4v) is 3.53. The molecule has 1 aliphatic rings. The van der Waals surface area contributed by atoms with E-state index in [9.17, 15) is 0 Å². The highest BCUT2D eigenvalue weighted by Gasteiger charge is 2.20. The lowest BCUT2D eigenvalue weighted by atomic mass is 9.93. The van der Waals surface area contributed by atoms with Gasteiger partial charge < -0.3 is 0 Å². The first-order valence-electron chi connectivity index (χ1n) is 8.92. The Morgan fingerprint density at radius 3 is 2.30 bits per heavy atom. The topological polar surface area (TPSA) is 38.1 Å². The number of aromatic nitrogens is 2. The van der Waals surface area contributed by atoms with Crippen molar-refractivity contribution in [2.75, 3.05) is 0 Å². The van der Waals surface area contributed by atoms with Gasteiger partial charge in [0.2, 0.25) is 0 Å². The second-order valence-corrected chi connectivity index (χ2v) is 9.38. The van der Waals surface area contributed by atoms with E-state index < -0.39 is 0 Å². The zero-order valence-corrected chi connectivity index (χ0v) is 17.5. The number of nitrogens with zero attached hydrogens (tertiary/aromatic N) is 3. The molecule has 1 atom stereocenters. The minimum atomic E-state index is -0.0501. The van der Waals surface area contributed by atoms with Crippen LogP contribution >= 0.6 is 22.6 Å². The van der Waals surface area contributed by atoms with Crippen molar-refractivity contribution in [3.63, 3.8) is 0 Å². The summed E-state index contributed by atoms with van der Waals surface area (Å²) in [5, 5.41) is 0. The Balaban J connectivity index is 1.85. The zero-order valence-electron chi connectivity index (χ0n) is 15.4. The molecule has 0 radical (unpaired) electrons. The molecule has 0 unspecified atom stereocenters. The normalized spacial score (nSPS) is 19.0. The minimum Gasteiger partial charge on any atom is -0.275 e. The van der Waals surface area contributed by atoms with Crippen LogP contribution in [0.25, 0.3) is 27.8 Å². The molecule has 0 saturated heterocycles. The average Bonchev–Trinajstić information content (AvgIpc) is 2.68. The lowest BCUT2D eigenvalue weighted by molar-refractivity contribution is 0.728. The summed E-state index contributed by atoms with van der Waals surface area (Å²) >= 11 is 2.40. The predicted molar refractivity (Wildman–Crippen MR) is 121 cm³/mol. The molecule has 4 rings (SSSR count). The lowest BCUT2D eigenvalue weighted by Gasteiger charge is -2.21. The third-order valence-electron chi connectivity index (χ3n) is 4.64. The van der Waals surface area contributed by atoms with Crippen LogP contribution in [0.5, 0.6) is 0 Å². The van der Waals surface area contributed by atoms with Gasteiger partial charge in [0.05, 0.1) is 0 Å². The van der Waals surface area contributed by atoms with Crippen LogP contribution in [0.15, 0.2) is 72.3 Å². The number of halogens is 1. The quantitative estimate of drug-likeness (QED) is 0.265. The van der Waals surface area contributed by atoms with E-state index in [0.717, 1.165) is 39.8 Å². The monoisotopic (exact) mass is 465 g/mol. The molecule has 2 aromatic heterocycles. The largest absolute Gasteiger partial charge is 0.275 e. The Morgan fingerprint density at radius 2 is 1.63 bits per heavy atom. The van der Waals surface area contributed by atoms with Gasteiger partial charge in [0.1, 0.15) is 3.55 Å². The van der Waals surface area contributed by atoms with E-state index in [2.05, 4.69) is 82.8 Å². The van der Waals surface area contributed by atoms with Gasteiger partial charge in [0.25, 0.3) is 0 Å². The molecule has 0 fully saturated rings. The Bertz CT molecular complexity index is 1040. The molecular weight excluding hydrogens is 445 g/mol. The molecule has 3 nitrogen and oxygen atoms in total. The Morgan fingerprint density at radius 1 is 0.889 bits per heavy atom. The van der Waals surface area contributed by atoms with Crippen molar-refractivity contribution in [2.24, 2.45) is 4.99 Å². The fraction of sp³-hybridized carbons (Fsp3) is 0.174. The van der Waals surface area contributed by atoms with E-state index in [0.29, 0.717) is 0 Å². The maximum absolute atomic E-state index is 4.71. The molecule has 0 bridgehead atoms. The molecule has 3 aromatic rings. The van der Waals surface area contributed by atoms with E-state index in [1.807, 2.05) is 30.9 Å². The number of benzene rings is 1. The smallest absolute Gasteiger partial charge is 0.112 e. The summed E-state index contributed by atoms with van der Waals surface area (Å²) in [5.41, 5.74) is 8.01. The van der Waals surface area contributed by atoms with Crippen LogP contribution in [0.1, 0.15) is 24.5 Å². The standard InChI is InChI=1S/C23H20IN3/c1-16-8-22(14-26-12-16)21-10-19(17-4-3-7-25-13-17)9-20(11-21)18-5-6-23(2,24)27-15-18/h3-5,7-15H,6H2,1-2H3/t23-/m1/s1. The number of aliphatic imine (C=N–C) groups is 1. The van der Waals surface area contributed by atoms with Crippen LogP contribution in [0.2, 0.25) is 0 Å². The van der Waals surface area contributed by atoms with Gasteiger partial charge in [-0.05, 0) is 72.0 Å². The van der Waals surface area contributed by atoms with E-state index in [1.54, 1.807) is 6.20 Å². The molecule has 0 amide bonds. The molecule has 1 aromatic carbocycles. The predicted octanol–water partition coefficient (Wildman–Crippen LogP) is 6.13. The van der Waals surface area contributed by atoms with Crippen molar-refractivity contribution in [2.45, 2.75) is 23.8 Å². The van der Waals surface area contributed by atoms with E-state index in [4.69, 9.17) is 4.99 Å². The number of hydrogen-bond donors (Lipinski definition) is 0. The van der Waals surface area contributed by atoms with Gasteiger partial charge in [-0.1, -0.05) is 34.7 Å². The summed E-state index contributed by atoms with van der Waals surface area (Å²) in [6.45, 7) is 4.22. The van der Waals surface area contributed by atoms with Crippen LogP contribution in [0.4, 0.5) is 0 Å². The summed E-state index contributed by atoms with van der Waals surface area (Å²) in [4.78, 5) is 13.4. The maximum Gasteiger partial charge on any atom is 0.112 e. The van der Waals surface area contributed by atoms with Gasteiger partial charge in [0.15, 0.2) is 0 Å². The van der Waals surface area contributed by atoms with Crippen molar-refractivity contribution in [3.05, 3.63) is 78.4 Å². The first kappa shape index (κ1) is 18.0. The van der Waals surface area contributed by atoms with Crippen molar-refractivity contribution in [3.8, 4) is 22.3 Å². The second kappa shape index (κ2) is 7.35. The van der Waals surface area contributed by atoms with E-state index >= 15 is 0 Å². The van der Waals surface area contributed by atoms with Gasteiger partial charge in [-0.2, -0.15) is 0 Å². The molecule has 1 aliphatic heterocycles. The number of hydrogen-bond acceptors (Lipinski definition) is 3. The third-order valence-corrected chi connectivity index (χ3v) is 5.36. The third kappa shape index (κ3) is 4.16. The molecular formula is C23H20IN3. The van der Waals surface area contributed by atoms with Gasteiger partial charge in [-0.25, -0.2) is 0 Å². The zero-order chi connectivity index (χ0) is 18.9. The molecule has 134 valence electrons. The van der Waals surface area contributed by atoms with Crippen molar-refractivity contribution in [1.29, 1.82) is 0 Å². The molecule has 3 heterocycles. The Labute approximate surface area is 173 Å². The Kier molecular flexibility index (Phi) is 4.91. The highest BCUT2D eigenvalue weighted by Crippen LogP contribution is 2.34. The van der Waals surface area contributed by atoms with Gasteiger partial charge in [-0.15, -0.1) is 0 Å². The highest BCUT2D eigenvalue weighted by molar-refractivity contribution is 14.1. The first-order chi connectivity index (χ1) is 13.0. The maximum atomic E-state index is 4.71. The van der Waals surface area contributed by atoms with Crippen molar-refractivity contribution in [1.82, 2.24) is 9.97 Å². The van der Waals surface area contributed by atoms with E-state index in [1.165, 1.54) is 5.56 Å². The van der Waals surface area contributed by atoms with Gasteiger partial charge >= 0.3 is 0 Å². The summed E-state index contributed by atoms with van der Waals surface area (Å²) in [6.07, 6.45) is 12.7. The van der Waals surface area contributed by atoms with E-state index in [-0.39, 0.29) is 3.55 Å². The summed E-state index contributed by atoms with van der Waals surface area (Å²) in [6, 6.07) is 12.9. The van der Waals surface area contributed by atoms with Crippen LogP contribution in [-0.4, -0.2) is 19.7 Å². The van der Waals surface area contributed by atoms with Gasteiger partial charge in [-0.3, -0.25) is 15.0 Å². The van der Waals surface area contributed by atoms with Crippen LogP contribution < -0.4 is 0 Å². The second-order valence-electron chi connectivity index (χ2n) is 7.06. The van der Waals surface area contributed by atoms with Crippen LogP contribution in [0.3, 0.4) is 0 Å². The number of rotatable bonds is 3. The number of dihydropyridines is 1. The average molecular weight is 465 g/mol. The highest BCUT2D eigenvalue weighted by atomic mass is 127. The number of allylic oxidation sites excluding steroid dienone is 1. The lowest BCUT2D eigenvalue weighted by Crippen LogP contribution is -2.14. The summed E-state index contributed by atoms with van der Waals surface area (Å²) in [7, 11) is 0. The number of pyridine rings is 2. The molecule has 0 aliphatic carbocycles. The van der Waals surface area contributed by atoms with Gasteiger partial charge in [0, 0.05) is 48.5 Å². The fourth-order valence-electron chi connectivity index (χ4n) is 3.17. The molecule has 0 N–H and O–H groups in total. The SMILES string of the molecule is Cc1cncc(-c2cc(C3=CC[C@](C)(I)N=C3)cc(-c3cccnc3)c2)c1. The van der Waals surface area contributed by atoms with Crippen LogP contribution in [-0.2, 0) is 0 Å². The molecule has 0 saturated carbocycles. The van der Waals surface area contributed by atoms with Crippen LogP contribution in [0, 0.1) is 6.92 Å². The summed E-state index contributed by atoms with van der Waals surface area (Å²) < 4.78 is -0.0501. The Hall–Kier alpha value is -2.34.